The molecule has 2 aliphatic rings. The summed E-state index contributed by atoms with van der Waals surface area (Å²) >= 11 is 0. The fourth-order valence-corrected chi connectivity index (χ4v) is 8.81. The summed E-state index contributed by atoms with van der Waals surface area (Å²) < 4.78 is 17.8. The number of methoxy groups -OCH3 is 2. The smallest absolute Gasteiger partial charge is 0.424 e. The van der Waals surface area contributed by atoms with Gasteiger partial charge in [-0.05, 0) is 92.2 Å². The molecule has 0 saturated carbocycles. The van der Waals surface area contributed by atoms with E-state index in [1.807, 2.05) is 19.2 Å². The first-order valence-electron chi connectivity index (χ1n) is 24.2. The van der Waals surface area contributed by atoms with E-state index in [9.17, 15) is 29.8 Å². The van der Waals surface area contributed by atoms with Gasteiger partial charge in [-0.15, -0.1) is 0 Å². The average Bonchev–Trinajstić information content (AvgIpc) is 4.14. The Morgan fingerprint density at radius 2 is 1.07 bits per heavy atom. The molecule has 9 rings (SSSR count). The highest BCUT2D eigenvalue weighted by molar-refractivity contribution is 5.79. The van der Waals surface area contributed by atoms with Crippen molar-refractivity contribution in [3.63, 3.8) is 0 Å². The number of amides is 1. The number of carbonyl (C=O) groups is 2. The number of hydrogen-bond donors (Lipinski definition) is 0. The topological polar surface area (TPSA) is 193 Å². The van der Waals surface area contributed by atoms with Gasteiger partial charge >= 0.3 is 23.5 Å². The number of carbonyl (C=O) groups excluding carboxylic acids is 2. The second-order valence-corrected chi connectivity index (χ2v) is 17.8. The van der Waals surface area contributed by atoms with Crippen molar-refractivity contribution in [2.75, 3.05) is 47.4 Å². The lowest BCUT2D eigenvalue weighted by Crippen LogP contribution is -2.46. The van der Waals surface area contributed by atoms with Crippen LogP contribution in [0.5, 0.6) is 17.2 Å². The lowest BCUT2D eigenvalue weighted by atomic mass is 9.94. The number of piperidine rings is 2. The van der Waals surface area contributed by atoms with E-state index in [1.54, 1.807) is 47.5 Å². The first-order chi connectivity index (χ1) is 35.4. The third-order valence-electron chi connectivity index (χ3n) is 13.1. The highest BCUT2D eigenvalue weighted by atomic mass is 16.6. The minimum atomic E-state index is -0.632. The highest BCUT2D eigenvalue weighted by Crippen LogP contribution is 2.33. The predicted molar refractivity (Wildman–Crippen MR) is 278 cm³/mol. The summed E-state index contributed by atoms with van der Waals surface area (Å²) in [6.45, 7) is 8.81. The van der Waals surface area contributed by atoms with E-state index in [2.05, 4.69) is 81.3 Å². The van der Waals surface area contributed by atoms with Crippen molar-refractivity contribution >= 4 is 23.5 Å². The lowest BCUT2D eigenvalue weighted by Gasteiger charge is -2.36. The number of ether oxygens (including phenoxy) is 3. The maximum atomic E-state index is 13.0. The van der Waals surface area contributed by atoms with E-state index < -0.39 is 15.9 Å². The van der Waals surface area contributed by atoms with Crippen LogP contribution in [0.4, 0.5) is 21.0 Å². The standard InChI is InChI=1S/C24H27N5O4.C17H13N3O5.C14H21N/c1-26(20-10-12-27(13-11-20)15-18-6-4-3-5-7-18)24(30)28-16-21(25-17-28)19-8-9-23(33-2)22(14-19)29(31)32;1-24-16-8-7-12(9-15(16)20(22)23)14-10-19(11-18-14)17(21)25-13-5-3-2-4-6-13;1-2-13-8-10-15(11-9-13)12-14-6-4-3-5-7-14/h3-9,14,16-17,20H,10-13,15H2,1-2H3;2-11H,1H3;3-7,13H,2,8-12H2,1H3. The molecule has 0 N–H and O–H groups in total. The first-order valence-corrected chi connectivity index (χ1v) is 24.2. The molecule has 18 heteroatoms. The quantitative estimate of drug-likeness (QED) is 0.0783. The molecule has 0 unspecified atom stereocenters. The maximum Gasteiger partial charge on any atom is 0.424 e. The van der Waals surface area contributed by atoms with E-state index >= 15 is 0 Å². The van der Waals surface area contributed by atoms with Gasteiger partial charge < -0.3 is 19.1 Å². The zero-order valence-corrected chi connectivity index (χ0v) is 41.6. The van der Waals surface area contributed by atoms with Crippen LogP contribution in [0.1, 0.15) is 50.2 Å². The minimum Gasteiger partial charge on any atom is -0.490 e. The molecule has 18 nitrogen and oxygen atoms in total. The monoisotopic (exact) mass is 991 g/mol. The molecule has 0 aliphatic carbocycles. The molecule has 2 fully saturated rings. The molecule has 73 heavy (non-hydrogen) atoms. The fraction of sp³-hybridized carbons (Fsp3) is 0.309. The number of imidazole rings is 2. The molecule has 380 valence electrons. The predicted octanol–water partition coefficient (Wildman–Crippen LogP) is 10.9. The number of aromatic nitrogens is 4. The molecule has 0 atom stereocenters. The van der Waals surface area contributed by atoms with E-state index in [0.717, 1.165) is 44.9 Å². The van der Waals surface area contributed by atoms with E-state index in [4.69, 9.17) is 14.2 Å². The summed E-state index contributed by atoms with van der Waals surface area (Å²) in [5.74, 6) is 1.72. The molecule has 1 amide bonds. The van der Waals surface area contributed by atoms with Gasteiger partial charge in [0.25, 0.3) is 0 Å². The van der Waals surface area contributed by atoms with Gasteiger partial charge in [-0.1, -0.05) is 92.2 Å². The number of nitro groups is 2. The third kappa shape index (κ3) is 14.5. The van der Waals surface area contributed by atoms with Crippen molar-refractivity contribution in [3.8, 4) is 39.8 Å². The summed E-state index contributed by atoms with van der Waals surface area (Å²) in [4.78, 5) is 61.7. The van der Waals surface area contributed by atoms with Gasteiger partial charge in [-0.3, -0.25) is 34.6 Å². The Labute approximate surface area is 424 Å². The maximum absolute atomic E-state index is 13.0. The van der Waals surface area contributed by atoms with Crippen LogP contribution in [0.15, 0.2) is 152 Å². The number of benzene rings is 5. The van der Waals surface area contributed by atoms with Crippen molar-refractivity contribution in [2.24, 2.45) is 5.92 Å². The minimum absolute atomic E-state index is 0.143. The van der Waals surface area contributed by atoms with Crippen molar-refractivity contribution in [1.29, 1.82) is 0 Å². The Hall–Kier alpha value is -8.22. The van der Waals surface area contributed by atoms with Crippen LogP contribution < -0.4 is 14.2 Å². The van der Waals surface area contributed by atoms with Gasteiger partial charge in [0.2, 0.25) is 0 Å². The van der Waals surface area contributed by atoms with Crippen molar-refractivity contribution in [1.82, 2.24) is 33.8 Å². The zero-order valence-electron chi connectivity index (χ0n) is 41.6. The number of nitrogens with zero attached hydrogens (tertiary/aromatic N) is 9. The largest absolute Gasteiger partial charge is 0.490 e. The summed E-state index contributed by atoms with van der Waals surface area (Å²) in [6, 6.07) is 38.9. The summed E-state index contributed by atoms with van der Waals surface area (Å²) in [5.41, 5.74) is 4.34. The Kier molecular flexibility index (Phi) is 18.6. The molecule has 2 saturated heterocycles. The molecule has 5 aromatic carbocycles. The van der Waals surface area contributed by atoms with Crippen LogP contribution in [-0.4, -0.2) is 109 Å². The molecule has 4 heterocycles. The second-order valence-electron chi connectivity index (χ2n) is 17.8. The molecule has 0 radical (unpaired) electrons. The Morgan fingerprint density at radius 1 is 0.630 bits per heavy atom. The van der Waals surface area contributed by atoms with Gasteiger partial charge in [-0.2, -0.15) is 0 Å². The summed E-state index contributed by atoms with van der Waals surface area (Å²) in [7, 11) is 4.56. The van der Waals surface area contributed by atoms with Crippen LogP contribution in [0.2, 0.25) is 0 Å². The van der Waals surface area contributed by atoms with Gasteiger partial charge in [0.15, 0.2) is 11.5 Å². The number of likely N-dealkylation sites (tertiary alicyclic amines) is 2. The van der Waals surface area contributed by atoms with Crippen LogP contribution >= 0.6 is 0 Å². The highest BCUT2D eigenvalue weighted by Gasteiger charge is 2.27. The molecule has 2 aliphatic heterocycles. The number of para-hydroxylation sites is 1. The SMILES string of the molecule is CCC1CCN(Cc2ccccc2)CC1.COc1ccc(-c2cn(C(=O)N(C)C3CCN(Cc4ccccc4)CC3)cn2)cc1[N+](=O)[O-].COc1ccc(-c2cn(C(=O)Oc3ccccc3)cn2)cc1[N+](=O)[O-]. The van der Waals surface area contributed by atoms with Gasteiger partial charge in [0.1, 0.15) is 18.4 Å². The zero-order chi connectivity index (χ0) is 51.7. The van der Waals surface area contributed by atoms with Crippen molar-refractivity contribution in [2.45, 2.75) is 58.2 Å². The van der Waals surface area contributed by atoms with Crippen LogP contribution in [0, 0.1) is 26.1 Å². The van der Waals surface area contributed by atoms with Crippen LogP contribution in [-0.2, 0) is 13.1 Å². The van der Waals surface area contributed by atoms with Gasteiger partial charge in [0, 0.05) is 74.9 Å². The molecule has 2 aromatic heterocycles. The Bertz CT molecular complexity index is 2900. The second kappa shape index (κ2) is 25.8. The average molecular weight is 992 g/mol. The van der Waals surface area contributed by atoms with Crippen molar-refractivity contribution in [3.05, 3.63) is 184 Å². The molecule has 0 bridgehead atoms. The van der Waals surface area contributed by atoms with Crippen LogP contribution in [0.3, 0.4) is 0 Å². The summed E-state index contributed by atoms with van der Waals surface area (Å²) in [5, 5.41) is 22.4. The van der Waals surface area contributed by atoms with E-state index in [0.29, 0.717) is 28.3 Å². The molecular formula is C55H61N9O9. The number of rotatable bonds is 13. The van der Waals surface area contributed by atoms with Crippen LogP contribution in [0.25, 0.3) is 22.5 Å². The first kappa shape index (κ1) is 52.6. The molecule has 0 spiro atoms. The number of hydrogen-bond acceptors (Lipinski definition) is 13. The molecule has 7 aromatic rings. The third-order valence-corrected chi connectivity index (χ3v) is 13.1. The van der Waals surface area contributed by atoms with Gasteiger partial charge in [0.05, 0.1) is 35.5 Å². The summed E-state index contributed by atoms with van der Waals surface area (Å²) in [6.07, 6.45) is 11.1. The normalized spacial score (nSPS) is 14.1. The van der Waals surface area contributed by atoms with Crippen molar-refractivity contribution < 1.29 is 33.6 Å². The Balaban J connectivity index is 0.000000172. The van der Waals surface area contributed by atoms with Gasteiger partial charge in [-0.25, -0.2) is 24.1 Å². The van der Waals surface area contributed by atoms with E-state index in [1.165, 1.54) is 110 Å². The lowest BCUT2D eigenvalue weighted by molar-refractivity contribution is -0.385. The fourth-order valence-electron chi connectivity index (χ4n) is 8.81. The molecular weight excluding hydrogens is 931 g/mol. The Morgan fingerprint density at radius 3 is 1.52 bits per heavy atom. The van der Waals surface area contributed by atoms with E-state index in [-0.39, 0.29) is 34.9 Å². The number of nitro benzene ring substituents is 2.